The highest BCUT2D eigenvalue weighted by atomic mass is 19.3. The monoisotopic (exact) mass is 301 g/mol. The summed E-state index contributed by atoms with van der Waals surface area (Å²) < 4.78 is 52.0. The van der Waals surface area contributed by atoms with E-state index in [1.54, 1.807) is 19.1 Å². The van der Waals surface area contributed by atoms with Crippen molar-refractivity contribution in [3.63, 3.8) is 0 Å². The van der Waals surface area contributed by atoms with Crippen LogP contribution in [-0.2, 0) is 5.92 Å². The fourth-order valence-electron chi connectivity index (χ4n) is 1.97. The van der Waals surface area contributed by atoms with Crippen LogP contribution in [0.4, 0.5) is 23.4 Å². The zero-order valence-electron chi connectivity index (χ0n) is 11.6. The minimum atomic E-state index is -4.37. The summed E-state index contributed by atoms with van der Waals surface area (Å²) in [6.45, 7) is 4.19. The van der Waals surface area contributed by atoms with Gasteiger partial charge in [-0.1, -0.05) is 19.1 Å². The summed E-state index contributed by atoms with van der Waals surface area (Å²) >= 11 is 0. The van der Waals surface area contributed by atoms with Gasteiger partial charge in [0.25, 0.3) is 0 Å². The molecule has 0 atom stereocenters. The molecule has 0 aliphatic heterocycles. The molecule has 2 aromatic rings. The number of alkyl halides is 4. The molecule has 0 bridgehead atoms. The molecule has 1 heterocycles. The molecule has 0 saturated heterocycles. The van der Waals surface area contributed by atoms with Gasteiger partial charge in [0.15, 0.2) is 0 Å². The van der Waals surface area contributed by atoms with Gasteiger partial charge in [0, 0.05) is 11.9 Å². The standard InChI is InChI=1S/C14H15F4N3/c1-3-7-19-11-10-8(2)5-4-6-9(10)20-13(21-11)14(17,18)12(15)16/h4-6,12H,3,7H2,1-2H3,(H,19,20,21). The minimum absolute atomic E-state index is 0.162. The van der Waals surface area contributed by atoms with E-state index in [1.165, 1.54) is 6.07 Å². The van der Waals surface area contributed by atoms with Gasteiger partial charge in [0.05, 0.1) is 5.52 Å². The first kappa shape index (κ1) is 15.5. The van der Waals surface area contributed by atoms with E-state index < -0.39 is 18.2 Å². The van der Waals surface area contributed by atoms with Gasteiger partial charge in [-0.2, -0.15) is 8.78 Å². The molecule has 1 N–H and O–H groups in total. The van der Waals surface area contributed by atoms with Gasteiger partial charge in [-0.3, -0.25) is 0 Å². The summed E-state index contributed by atoms with van der Waals surface area (Å²) in [5.41, 5.74) is 1.01. The number of anilines is 1. The molecule has 1 aromatic carbocycles. The van der Waals surface area contributed by atoms with Crippen LogP contribution in [0.25, 0.3) is 10.9 Å². The molecule has 0 radical (unpaired) electrons. The van der Waals surface area contributed by atoms with Crippen LogP contribution in [0.1, 0.15) is 24.7 Å². The Morgan fingerprint density at radius 2 is 1.95 bits per heavy atom. The van der Waals surface area contributed by atoms with E-state index in [0.29, 0.717) is 11.9 Å². The zero-order valence-corrected chi connectivity index (χ0v) is 11.6. The first-order valence-electron chi connectivity index (χ1n) is 6.55. The highest BCUT2D eigenvalue weighted by Crippen LogP contribution is 2.35. The molecular weight excluding hydrogens is 286 g/mol. The van der Waals surface area contributed by atoms with E-state index in [0.717, 1.165) is 12.0 Å². The third-order valence-electron chi connectivity index (χ3n) is 3.05. The van der Waals surface area contributed by atoms with Gasteiger partial charge < -0.3 is 5.32 Å². The average molecular weight is 301 g/mol. The Bertz CT molecular complexity index is 643. The number of nitrogens with one attached hydrogen (secondary N) is 1. The number of hydrogen-bond donors (Lipinski definition) is 1. The summed E-state index contributed by atoms with van der Waals surface area (Å²) in [5.74, 6) is -5.37. The van der Waals surface area contributed by atoms with E-state index in [4.69, 9.17) is 0 Å². The third-order valence-corrected chi connectivity index (χ3v) is 3.05. The van der Waals surface area contributed by atoms with E-state index in [1.807, 2.05) is 6.92 Å². The Morgan fingerprint density at radius 1 is 1.24 bits per heavy atom. The van der Waals surface area contributed by atoms with Gasteiger partial charge in [-0.25, -0.2) is 18.7 Å². The SMILES string of the molecule is CCCNc1nc(C(F)(F)C(F)F)nc2cccc(C)c12. The third kappa shape index (κ3) is 2.91. The fourth-order valence-corrected chi connectivity index (χ4v) is 1.97. The Kier molecular flexibility index (Phi) is 4.29. The maximum Gasteiger partial charge on any atom is 0.365 e. The van der Waals surface area contributed by atoms with Crippen LogP contribution >= 0.6 is 0 Å². The molecule has 0 amide bonds. The van der Waals surface area contributed by atoms with E-state index in [9.17, 15) is 17.6 Å². The number of halogens is 4. The quantitative estimate of drug-likeness (QED) is 0.844. The summed E-state index contributed by atoms with van der Waals surface area (Å²) in [5, 5.41) is 3.47. The van der Waals surface area contributed by atoms with Crippen molar-refractivity contribution < 1.29 is 17.6 Å². The Hall–Kier alpha value is -1.92. The highest BCUT2D eigenvalue weighted by Gasteiger charge is 2.46. The van der Waals surface area contributed by atoms with Crippen molar-refractivity contribution in [1.82, 2.24) is 9.97 Å². The number of nitrogens with zero attached hydrogens (tertiary/aromatic N) is 2. The van der Waals surface area contributed by atoms with Crippen molar-refractivity contribution in [1.29, 1.82) is 0 Å². The molecule has 1 aromatic heterocycles. The Labute approximate surface area is 119 Å². The smallest absolute Gasteiger partial charge is 0.365 e. The normalized spacial score (nSPS) is 12.1. The van der Waals surface area contributed by atoms with Gasteiger partial charge in [0.2, 0.25) is 5.82 Å². The molecule has 0 fully saturated rings. The van der Waals surface area contributed by atoms with Crippen LogP contribution < -0.4 is 5.32 Å². The van der Waals surface area contributed by atoms with Crippen LogP contribution in [-0.4, -0.2) is 22.9 Å². The average Bonchev–Trinajstić information content (AvgIpc) is 2.44. The minimum Gasteiger partial charge on any atom is -0.369 e. The molecule has 0 aliphatic rings. The van der Waals surface area contributed by atoms with Gasteiger partial charge in [-0.05, 0) is 25.0 Å². The van der Waals surface area contributed by atoms with Crippen molar-refractivity contribution in [2.75, 3.05) is 11.9 Å². The number of aryl methyl sites for hydroxylation is 1. The first-order valence-corrected chi connectivity index (χ1v) is 6.55. The largest absolute Gasteiger partial charge is 0.369 e. The number of aromatic nitrogens is 2. The second-order valence-corrected chi connectivity index (χ2v) is 4.72. The lowest BCUT2D eigenvalue weighted by molar-refractivity contribution is -0.140. The predicted molar refractivity (Wildman–Crippen MR) is 73.0 cm³/mol. The lowest BCUT2D eigenvalue weighted by Gasteiger charge is -2.17. The molecule has 114 valence electrons. The fraction of sp³-hybridized carbons (Fsp3) is 0.429. The van der Waals surface area contributed by atoms with Crippen molar-refractivity contribution in [2.45, 2.75) is 32.6 Å². The molecule has 0 aliphatic carbocycles. The number of benzene rings is 1. The van der Waals surface area contributed by atoms with Crippen LogP contribution in [0.15, 0.2) is 18.2 Å². The van der Waals surface area contributed by atoms with Gasteiger partial charge in [-0.15, -0.1) is 0 Å². The number of hydrogen-bond acceptors (Lipinski definition) is 3. The van der Waals surface area contributed by atoms with Crippen molar-refractivity contribution >= 4 is 16.7 Å². The molecular formula is C14H15F4N3. The van der Waals surface area contributed by atoms with Crippen molar-refractivity contribution in [2.24, 2.45) is 0 Å². The van der Waals surface area contributed by atoms with Crippen LogP contribution in [0.3, 0.4) is 0 Å². The second-order valence-electron chi connectivity index (χ2n) is 4.72. The maximum absolute atomic E-state index is 13.5. The van der Waals surface area contributed by atoms with Crippen molar-refractivity contribution in [3.05, 3.63) is 29.6 Å². The zero-order chi connectivity index (χ0) is 15.6. The summed E-state index contributed by atoms with van der Waals surface area (Å²) in [4.78, 5) is 7.26. The molecule has 7 heteroatoms. The van der Waals surface area contributed by atoms with Crippen LogP contribution in [0, 0.1) is 6.92 Å². The summed E-state index contributed by atoms with van der Waals surface area (Å²) in [7, 11) is 0. The molecule has 2 rings (SSSR count). The Morgan fingerprint density at radius 3 is 2.57 bits per heavy atom. The lowest BCUT2D eigenvalue weighted by Crippen LogP contribution is -2.27. The molecule has 0 saturated carbocycles. The summed E-state index contributed by atoms with van der Waals surface area (Å²) in [6.07, 6.45) is -3.10. The van der Waals surface area contributed by atoms with Gasteiger partial charge >= 0.3 is 12.3 Å². The summed E-state index contributed by atoms with van der Waals surface area (Å²) in [6, 6.07) is 4.93. The van der Waals surface area contributed by atoms with E-state index >= 15 is 0 Å². The van der Waals surface area contributed by atoms with Crippen LogP contribution in [0.5, 0.6) is 0 Å². The molecule has 0 spiro atoms. The van der Waals surface area contributed by atoms with Gasteiger partial charge in [0.1, 0.15) is 5.82 Å². The molecule has 3 nitrogen and oxygen atoms in total. The lowest BCUT2D eigenvalue weighted by atomic mass is 10.1. The predicted octanol–water partition coefficient (Wildman–Crippen LogP) is 4.12. The second kappa shape index (κ2) is 5.83. The first-order chi connectivity index (χ1) is 9.87. The number of fused-ring (bicyclic) bond motifs is 1. The van der Waals surface area contributed by atoms with Crippen LogP contribution in [0.2, 0.25) is 0 Å². The van der Waals surface area contributed by atoms with Crippen molar-refractivity contribution in [3.8, 4) is 0 Å². The molecule has 21 heavy (non-hydrogen) atoms. The Balaban J connectivity index is 2.65. The highest BCUT2D eigenvalue weighted by molar-refractivity contribution is 5.92. The van der Waals surface area contributed by atoms with E-state index in [2.05, 4.69) is 15.3 Å². The van der Waals surface area contributed by atoms with E-state index in [-0.39, 0.29) is 11.3 Å². The maximum atomic E-state index is 13.5. The topological polar surface area (TPSA) is 37.8 Å². The molecule has 0 unspecified atom stereocenters. The number of rotatable bonds is 5.